The van der Waals surface area contributed by atoms with E-state index in [0.29, 0.717) is 5.82 Å². The van der Waals surface area contributed by atoms with Gasteiger partial charge in [-0.2, -0.15) is 5.10 Å². The molecule has 0 bridgehead atoms. The van der Waals surface area contributed by atoms with Gasteiger partial charge in [-0.05, 0) is 37.1 Å². The van der Waals surface area contributed by atoms with E-state index in [1.807, 2.05) is 30.3 Å². The summed E-state index contributed by atoms with van der Waals surface area (Å²) in [5, 5.41) is 8.25. The van der Waals surface area contributed by atoms with Crippen LogP contribution in [0.5, 0.6) is 0 Å². The van der Waals surface area contributed by atoms with E-state index < -0.39 is 0 Å². The van der Waals surface area contributed by atoms with Gasteiger partial charge >= 0.3 is 0 Å². The second-order valence-electron chi connectivity index (χ2n) is 6.52. The molecule has 0 amide bonds. The van der Waals surface area contributed by atoms with Crippen molar-refractivity contribution in [2.45, 2.75) is 19.8 Å². The summed E-state index contributed by atoms with van der Waals surface area (Å²) in [4.78, 5) is 18.5. The Morgan fingerprint density at radius 3 is 2.44 bits per heavy atom. The molecule has 0 radical (unpaired) electrons. The molecule has 1 aliphatic rings. The van der Waals surface area contributed by atoms with Crippen molar-refractivity contribution in [3.63, 3.8) is 0 Å². The molecule has 1 fully saturated rings. The molecule has 1 saturated heterocycles. The quantitative estimate of drug-likeness (QED) is 0.707. The number of nitrogens with zero attached hydrogens (tertiary/aromatic N) is 7. The lowest BCUT2D eigenvalue weighted by atomic mass is 10.2. The van der Waals surface area contributed by atoms with E-state index in [-0.39, 0.29) is 0 Å². The third-order valence-electron chi connectivity index (χ3n) is 4.72. The predicted molar refractivity (Wildman–Crippen MR) is 106 cm³/mol. The first-order valence-electron chi connectivity index (χ1n) is 9.40. The molecule has 4 rings (SSSR count). The van der Waals surface area contributed by atoms with Gasteiger partial charge in [0.1, 0.15) is 11.5 Å². The molecule has 3 aromatic heterocycles. The molecule has 7 heteroatoms. The Morgan fingerprint density at radius 2 is 1.74 bits per heavy atom. The van der Waals surface area contributed by atoms with Crippen molar-refractivity contribution >= 4 is 11.6 Å². The number of rotatable bonds is 4. The van der Waals surface area contributed by atoms with Crippen molar-refractivity contribution in [1.29, 1.82) is 0 Å². The van der Waals surface area contributed by atoms with Crippen LogP contribution in [0.2, 0.25) is 0 Å². The van der Waals surface area contributed by atoms with Gasteiger partial charge in [0.2, 0.25) is 0 Å². The van der Waals surface area contributed by atoms with Crippen LogP contribution in [-0.4, -0.2) is 51.3 Å². The molecule has 0 unspecified atom stereocenters. The van der Waals surface area contributed by atoms with Crippen LogP contribution in [0.15, 0.2) is 48.8 Å². The van der Waals surface area contributed by atoms with Crippen molar-refractivity contribution in [2.24, 2.45) is 0 Å². The Bertz CT molecular complexity index is 870. The van der Waals surface area contributed by atoms with Crippen LogP contribution in [0.1, 0.15) is 19.0 Å². The maximum absolute atomic E-state index is 4.82. The van der Waals surface area contributed by atoms with Crippen molar-refractivity contribution in [2.75, 3.05) is 36.0 Å². The predicted octanol–water partition coefficient (Wildman–Crippen LogP) is 2.61. The lowest BCUT2D eigenvalue weighted by molar-refractivity contribution is 0.784. The Kier molecular flexibility index (Phi) is 5.18. The van der Waals surface area contributed by atoms with Gasteiger partial charge in [-0.1, -0.05) is 13.0 Å². The van der Waals surface area contributed by atoms with E-state index in [1.165, 1.54) is 0 Å². The Balaban J connectivity index is 1.58. The summed E-state index contributed by atoms with van der Waals surface area (Å²) in [6.07, 6.45) is 5.40. The Hall–Kier alpha value is -3.09. The minimum Gasteiger partial charge on any atom is -0.355 e. The topological polar surface area (TPSA) is 70.9 Å². The van der Waals surface area contributed by atoms with Crippen LogP contribution in [0.3, 0.4) is 0 Å². The Morgan fingerprint density at radius 1 is 0.889 bits per heavy atom. The largest absolute Gasteiger partial charge is 0.355 e. The second kappa shape index (κ2) is 8.07. The zero-order valence-corrected chi connectivity index (χ0v) is 15.5. The number of aromatic nitrogens is 5. The zero-order chi connectivity index (χ0) is 18.5. The lowest BCUT2D eigenvalue weighted by Gasteiger charge is -2.23. The standard InChI is InChI=1S/C20H23N7/c1-2-16-15-19(24-20(23-16)17-7-3-4-9-21-17)27-12-6-11-26(13-14-27)18-8-5-10-22-25-18/h3-5,7-10,15H,2,6,11-14H2,1H3. The molecule has 7 nitrogen and oxygen atoms in total. The zero-order valence-electron chi connectivity index (χ0n) is 15.5. The van der Waals surface area contributed by atoms with Gasteiger partial charge < -0.3 is 9.80 Å². The first-order chi connectivity index (χ1) is 13.3. The number of anilines is 2. The van der Waals surface area contributed by atoms with Gasteiger partial charge in [-0.15, -0.1) is 5.10 Å². The monoisotopic (exact) mass is 361 g/mol. The van der Waals surface area contributed by atoms with Crippen LogP contribution in [-0.2, 0) is 6.42 Å². The molecule has 4 heterocycles. The molecule has 27 heavy (non-hydrogen) atoms. The highest BCUT2D eigenvalue weighted by molar-refractivity contribution is 5.54. The third kappa shape index (κ3) is 4.02. The van der Waals surface area contributed by atoms with Gasteiger partial charge in [0.05, 0.1) is 0 Å². The highest BCUT2D eigenvalue weighted by atomic mass is 15.3. The Labute approximate surface area is 159 Å². The van der Waals surface area contributed by atoms with Crippen molar-refractivity contribution in [3.05, 3.63) is 54.5 Å². The van der Waals surface area contributed by atoms with E-state index in [2.05, 4.69) is 43.0 Å². The maximum atomic E-state index is 4.82. The van der Waals surface area contributed by atoms with Gasteiger partial charge in [0, 0.05) is 50.3 Å². The highest BCUT2D eigenvalue weighted by Gasteiger charge is 2.19. The van der Waals surface area contributed by atoms with Crippen LogP contribution < -0.4 is 9.80 Å². The van der Waals surface area contributed by atoms with Gasteiger partial charge in [0.15, 0.2) is 11.6 Å². The van der Waals surface area contributed by atoms with Crippen molar-refractivity contribution in [1.82, 2.24) is 25.1 Å². The van der Waals surface area contributed by atoms with Crippen LogP contribution in [0, 0.1) is 0 Å². The molecule has 0 spiro atoms. The number of pyridine rings is 1. The highest BCUT2D eigenvalue weighted by Crippen LogP contribution is 2.21. The minimum atomic E-state index is 0.694. The van der Waals surface area contributed by atoms with Crippen LogP contribution >= 0.6 is 0 Å². The molecule has 0 N–H and O–H groups in total. The number of hydrogen-bond acceptors (Lipinski definition) is 7. The van der Waals surface area contributed by atoms with Crippen molar-refractivity contribution in [3.8, 4) is 11.5 Å². The van der Waals surface area contributed by atoms with E-state index in [4.69, 9.17) is 4.98 Å². The van der Waals surface area contributed by atoms with Crippen LogP contribution in [0.25, 0.3) is 11.5 Å². The average molecular weight is 361 g/mol. The van der Waals surface area contributed by atoms with Gasteiger partial charge in [-0.3, -0.25) is 4.98 Å². The molecule has 138 valence electrons. The molecular weight excluding hydrogens is 338 g/mol. The van der Waals surface area contributed by atoms with E-state index in [0.717, 1.165) is 62.0 Å². The fourth-order valence-electron chi connectivity index (χ4n) is 3.27. The summed E-state index contributed by atoms with van der Waals surface area (Å²) >= 11 is 0. The summed E-state index contributed by atoms with van der Waals surface area (Å²) < 4.78 is 0. The molecule has 3 aromatic rings. The third-order valence-corrected chi connectivity index (χ3v) is 4.72. The first-order valence-corrected chi connectivity index (χ1v) is 9.40. The van der Waals surface area contributed by atoms with E-state index in [1.54, 1.807) is 12.4 Å². The fourth-order valence-corrected chi connectivity index (χ4v) is 3.27. The SMILES string of the molecule is CCc1cc(N2CCCN(c3cccnn3)CC2)nc(-c2ccccn2)n1. The van der Waals surface area contributed by atoms with Gasteiger partial charge in [0.25, 0.3) is 0 Å². The minimum absolute atomic E-state index is 0.694. The lowest BCUT2D eigenvalue weighted by Crippen LogP contribution is -2.31. The smallest absolute Gasteiger partial charge is 0.180 e. The maximum Gasteiger partial charge on any atom is 0.180 e. The molecular formula is C20H23N7. The molecule has 0 atom stereocenters. The molecule has 0 aliphatic carbocycles. The number of hydrogen-bond donors (Lipinski definition) is 0. The fraction of sp³-hybridized carbons (Fsp3) is 0.350. The van der Waals surface area contributed by atoms with Crippen molar-refractivity contribution < 1.29 is 0 Å². The van der Waals surface area contributed by atoms with E-state index >= 15 is 0 Å². The first kappa shape index (κ1) is 17.3. The van der Waals surface area contributed by atoms with E-state index in [9.17, 15) is 0 Å². The molecule has 0 saturated carbocycles. The number of aryl methyl sites for hydroxylation is 1. The molecule has 1 aliphatic heterocycles. The second-order valence-corrected chi connectivity index (χ2v) is 6.52. The van der Waals surface area contributed by atoms with Crippen LogP contribution in [0.4, 0.5) is 11.6 Å². The van der Waals surface area contributed by atoms with Gasteiger partial charge in [-0.25, -0.2) is 9.97 Å². The summed E-state index contributed by atoms with van der Waals surface area (Å²) in [6, 6.07) is 11.9. The summed E-state index contributed by atoms with van der Waals surface area (Å²) in [7, 11) is 0. The average Bonchev–Trinajstić information content (AvgIpc) is 3.01. The summed E-state index contributed by atoms with van der Waals surface area (Å²) in [6.45, 7) is 5.82. The molecule has 0 aromatic carbocycles. The summed E-state index contributed by atoms with van der Waals surface area (Å²) in [5.74, 6) is 2.61. The summed E-state index contributed by atoms with van der Waals surface area (Å²) in [5.41, 5.74) is 1.85. The normalized spacial score (nSPS) is 14.9.